The molecule has 1 aromatic rings. The predicted molar refractivity (Wildman–Crippen MR) is 196 cm³/mol. The monoisotopic (exact) mass is 768 g/mol. The van der Waals surface area contributed by atoms with Crippen molar-refractivity contribution < 1.29 is 71.5 Å². The van der Waals surface area contributed by atoms with Gasteiger partial charge in [0.15, 0.2) is 0 Å². The number of ether oxygens (including phenoxy) is 7. The van der Waals surface area contributed by atoms with E-state index in [0.717, 1.165) is 36.5 Å². The first-order chi connectivity index (χ1) is 26.1. The van der Waals surface area contributed by atoms with E-state index in [4.69, 9.17) is 33.2 Å². The van der Waals surface area contributed by atoms with E-state index < -0.39 is 105 Å². The first-order valence-corrected chi connectivity index (χ1v) is 16.2. The fourth-order valence-electron chi connectivity index (χ4n) is 4.09. The lowest BCUT2D eigenvalue weighted by molar-refractivity contribution is -0.160. The molecule has 0 saturated heterocycles. The highest BCUT2D eigenvalue weighted by atomic mass is 16.6. The summed E-state index contributed by atoms with van der Waals surface area (Å²) in [7, 11) is 0. The molecule has 0 spiro atoms. The highest BCUT2D eigenvalue weighted by Gasteiger charge is 2.38. The minimum atomic E-state index is -1.58. The second-order valence-corrected chi connectivity index (χ2v) is 11.7. The van der Waals surface area contributed by atoms with Gasteiger partial charge in [0.05, 0.1) is 5.41 Å². The molecule has 0 aliphatic heterocycles. The number of amides is 2. The molecule has 0 aliphatic rings. The van der Waals surface area contributed by atoms with Crippen LogP contribution in [0.1, 0.15) is 18.4 Å². The van der Waals surface area contributed by atoms with Crippen LogP contribution in [-0.2, 0) is 66.7 Å². The Kier molecular flexibility index (Phi) is 19.9. The van der Waals surface area contributed by atoms with Crippen LogP contribution in [0.15, 0.2) is 94.1 Å². The molecular formula is C38H44N2O15. The zero-order valence-corrected chi connectivity index (χ0v) is 30.4. The van der Waals surface area contributed by atoms with Crippen molar-refractivity contribution in [2.45, 2.75) is 19.8 Å². The SMILES string of the molecule is C=CC(=O)OCC(CCC(=O)Nc1ccc(C)c(NC(=O)OCC(COC(=O)C=C)(COC(=O)C=C)COC(=O)C=C)c1)(COC(=O)C=C)COC(=O)C=C. The van der Waals surface area contributed by atoms with Crippen molar-refractivity contribution >= 4 is 59.2 Å². The average molecular weight is 769 g/mol. The number of anilines is 2. The van der Waals surface area contributed by atoms with Crippen LogP contribution in [0.25, 0.3) is 0 Å². The maximum Gasteiger partial charge on any atom is 0.411 e. The topological polar surface area (TPSA) is 225 Å². The van der Waals surface area contributed by atoms with Gasteiger partial charge in [0.1, 0.15) is 51.7 Å². The Morgan fingerprint density at radius 1 is 0.527 bits per heavy atom. The van der Waals surface area contributed by atoms with Gasteiger partial charge in [-0.15, -0.1) is 0 Å². The standard InChI is InChI=1S/C38H44N2O15/c1-8-30(42)49-19-37(20-50-31(43)9-2,21-51-32(44)10-3)17-16-29(41)39-27-15-14-26(7)28(18-27)40-36(48)55-25-38(22-52-33(45)11-4,23-53-34(46)12-5)24-54-35(47)13-6/h8-15,18H,1-6,16-17,19-25H2,7H3,(H,39,41)(H,40,48). The number of hydrogen-bond donors (Lipinski definition) is 2. The predicted octanol–water partition coefficient (Wildman–Crippen LogP) is 3.61. The molecule has 0 unspecified atom stereocenters. The Balaban J connectivity index is 3.20. The molecular weight excluding hydrogens is 724 g/mol. The molecule has 55 heavy (non-hydrogen) atoms. The van der Waals surface area contributed by atoms with Crippen LogP contribution >= 0.6 is 0 Å². The van der Waals surface area contributed by atoms with E-state index in [1.807, 2.05) is 0 Å². The molecule has 0 heterocycles. The van der Waals surface area contributed by atoms with Crippen LogP contribution in [0.4, 0.5) is 16.2 Å². The molecule has 2 amide bonds. The van der Waals surface area contributed by atoms with E-state index in [-0.39, 0.29) is 24.2 Å². The molecule has 0 atom stereocenters. The van der Waals surface area contributed by atoms with E-state index in [2.05, 4.69) is 50.1 Å². The third-order valence-electron chi connectivity index (χ3n) is 7.27. The summed E-state index contributed by atoms with van der Waals surface area (Å²) in [5.41, 5.74) is -1.99. The van der Waals surface area contributed by atoms with Crippen molar-refractivity contribution in [3.8, 4) is 0 Å². The average Bonchev–Trinajstić information content (AvgIpc) is 3.19. The van der Waals surface area contributed by atoms with Crippen molar-refractivity contribution in [2.75, 3.05) is 56.9 Å². The molecule has 1 aromatic carbocycles. The van der Waals surface area contributed by atoms with Crippen LogP contribution in [0.3, 0.4) is 0 Å². The Hall–Kier alpha value is -6.78. The van der Waals surface area contributed by atoms with Gasteiger partial charge in [-0.25, -0.2) is 33.6 Å². The third kappa shape index (κ3) is 17.5. The van der Waals surface area contributed by atoms with Gasteiger partial charge in [0.25, 0.3) is 0 Å². The van der Waals surface area contributed by atoms with Gasteiger partial charge in [0, 0.05) is 54.3 Å². The third-order valence-corrected chi connectivity index (χ3v) is 7.27. The summed E-state index contributed by atoms with van der Waals surface area (Å²) >= 11 is 0. The first kappa shape index (κ1) is 46.2. The van der Waals surface area contributed by atoms with Crippen LogP contribution in [0.5, 0.6) is 0 Å². The molecule has 0 radical (unpaired) electrons. The van der Waals surface area contributed by atoms with Gasteiger partial charge in [-0.05, 0) is 31.0 Å². The largest absolute Gasteiger partial charge is 0.462 e. The van der Waals surface area contributed by atoms with Crippen LogP contribution in [0, 0.1) is 17.8 Å². The maximum atomic E-state index is 13.1. The van der Waals surface area contributed by atoms with Gasteiger partial charge >= 0.3 is 41.9 Å². The molecule has 0 bridgehead atoms. The summed E-state index contributed by atoms with van der Waals surface area (Å²) in [5.74, 6) is -5.58. The lowest BCUT2D eigenvalue weighted by Crippen LogP contribution is -2.44. The zero-order chi connectivity index (χ0) is 41.4. The van der Waals surface area contributed by atoms with E-state index >= 15 is 0 Å². The molecule has 0 aliphatic carbocycles. The highest BCUT2D eigenvalue weighted by molar-refractivity contribution is 5.93. The quantitative estimate of drug-likeness (QED) is 0.0823. The van der Waals surface area contributed by atoms with Crippen LogP contribution < -0.4 is 10.6 Å². The Morgan fingerprint density at radius 2 is 0.873 bits per heavy atom. The number of rotatable bonds is 25. The van der Waals surface area contributed by atoms with Crippen molar-refractivity contribution in [3.63, 3.8) is 0 Å². The maximum absolute atomic E-state index is 13.1. The molecule has 296 valence electrons. The van der Waals surface area contributed by atoms with Crippen molar-refractivity contribution in [1.82, 2.24) is 0 Å². The van der Waals surface area contributed by atoms with E-state index in [0.29, 0.717) is 5.56 Å². The Morgan fingerprint density at radius 3 is 1.24 bits per heavy atom. The van der Waals surface area contributed by atoms with Crippen molar-refractivity contribution in [3.05, 3.63) is 99.7 Å². The minimum absolute atomic E-state index is 0.116. The number of carbonyl (C=O) groups excluding carboxylic acids is 8. The first-order valence-electron chi connectivity index (χ1n) is 16.2. The van der Waals surface area contributed by atoms with Gasteiger partial charge in [-0.3, -0.25) is 10.1 Å². The lowest BCUT2D eigenvalue weighted by Gasteiger charge is -2.31. The second kappa shape index (κ2) is 23.7. The summed E-state index contributed by atoms with van der Waals surface area (Å²) in [5, 5.41) is 5.19. The highest BCUT2D eigenvalue weighted by Crippen LogP contribution is 2.28. The summed E-state index contributed by atoms with van der Waals surface area (Å²) in [6, 6.07) is 4.54. The number of benzene rings is 1. The molecule has 1 rings (SSSR count). The van der Waals surface area contributed by atoms with Crippen LogP contribution in [-0.4, -0.2) is 94.1 Å². The molecule has 2 N–H and O–H groups in total. The molecule has 17 nitrogen and oxygen atoms in total. The molecule has 0 fully saturated rings. The van der Waals surface area contributed by atoms with Gasteiger partial charge in [-0.2, -0.15) is 0 Å². The van der Waals surface area contributed by atoms with E-state index in [1.165, 1.54) is 6.07 Å². The number of aryl methyl sites for hydroxylation is 1. The summed E-state index contributed by atoms with van der Waals surface area (Å²) < 4.78 is 36.3. The fourth-order valence-corrected chi connectivity index (χ4v) is 4.09. The second-order valence-electron chi connectivity index (χ2n) is 11.7. The number of hydrogen-bond acceptors (Lipinski definition) is 15. The summed E-state index contributed by atoms with van der Waals surface area (Å²) in [6.45, 7) is 18.1. The number of esters is 6. The summed E-state index contributed by atoms with van der Waals surface area (Å²) in [6.07, 6.45) is 3.93. The van der Waals surface area contributed by atoms with Crippen molar-refractivity contribution in [1.29, 1.82) is 0 Å². The van der Waals surface area contributed by atoms with Crippen molar-refractivity contribution in [2.24, 2.45) is 10.8 Å². The van der Waals surface area contributed by atoms with Crippen LogP contribution in [0.2, 0.25) is 0 Å². The van der Waals surface area contributed by atoms with Gasteiger partial charge in [-0.1, -0.05) is 45.5 Å². The Bertz CT molecular complexity index is 1540. The summed E-state index contributed by atoms with van der Waals surface area (Å²) in [4.78, 5) is 97.4. The van der Waals surface area contributed by atoms with E-state index in [9.17, 15) is 38.4 Å². The molecule has 0 saturated carbocycles. The van der Waals surface area contributed by atoms with Gasteiger partial charge in [0.2, 0.25) is 5.91 Å². The molecule has 0 aromatic heterocycles. The minimum Gasteiger partial charge on any atom is -0.462 e. The number of carbonyl (C=O) groups is 8. The molecule has 17 heteroatoms. The van der Waals surface area contributed by atoms with E-state index in [1.54, 1.807) is 19.1 Å². The lowest BCUT2D eigenvalue weighted by atomic mass is 9.85. The number of nitrogens with one attached hydrogen (secondary N) is 2. The fraction of sp³-hybridized carbons (Fsp3) is 0.316. The Labute approximate surface area is 317 Å². The van der Waals surface area contributed by atoms with Gasteiger partial charge < -0.3 is 38.5 Å². The smallest absolute Gasteiger partial charge is 0.411 e. The normalized spacial score (nSPS) is 10.5. The zero-order valence-electron chi connectivity index (χ0n) is 30.4.